The molecule has 1 aliphatic heterocycles. The van der Waals surface area contributed by atoms with Gasteiger partial charge >= 0.3 is 5.97 Å². The fourth-order valence-electron chi connectivity index (χ4n) is 4.75. The van der Waals surface area contributed by atoms with Crippen molar-refractivity contribution in [2.75, 3.05) is 6.61 Å². The number of nitrogens with one attached hydrogen (secondary N) is 1. The van der Waals surface area contributed by atoms with Crippen molar-refractivity contribution in [1.29, 1.82) is 0 Å². The van der Waals surface area contributed by atoms with Gasteiger partial charge in [-0.2, -0.15) is 0 Å². The standard InChI is InChI=1S/C27H29NO5/c1-4-32-27(31)24-17(3)13-22-25(26(24)30)21(14-23(29)28-22)19-8-10-20(11-9-19)33-15-18-7-5-6-16(2)12-18/h5-12,17,21,24H,4,13-15H2,1-3H3,(H,28,29). The molecule has 0 bridgehead atoms. The van der Waals surface area contributed by atoms with E-state index in [2.05, 4.69) is 11.4 Å². The molecule has 0 saturated carbocycles. The molecule has 0 fully saturated rings. The summed E-state index contributed by atoms with van der Waals surface area (Å²) in [5.41, 5.74) is 4.28. The van der Waals surface area contributed by atoms with Crippen molar-refractivity contribution in [2.45, 2.75) is 46.1 Å². The molecule has 6 nitrogen and oxygen atoms in total. The second kappa shape index (κ2) is 9.61. The maximum Gasteiger partial charge on any atom is 0.317 e. The lowest BCUT2D eigenvalue weighted by molar-refractivity contribution is -0.153. The van der Waals surface area contributed by atoms with Gasteiger partial charge in [-0.1, -0.05) is 48.9 Å². The molecule has 1 N–H and O–H groups in total. The molecule has 1 aliphatic carbocycles. The van der Waals surface area contributed by atoms with Crippen LogP contribution >= 0.6 is 0 Å². The molecule has 4 rings (SSSR count). The molecular formula is C27H29NO5. The maximum atomic E-state index is 13.4. The van der Waals surface area contributed by atoms with Crippen molar-refractivity contribution in [1.82, 2.24) is 5.32 Å². The van der Waals surface area contributed by atoms with Crippen molar-refractivity contribution in [3.05, 3.63) is 76.5 Å². The molecule has 0 radical (unpaired) electrons. The van der Waals surface area contributed by atoms with E-state index in [9.17, 15) is 14.4 Å². The Morgan fingerprint density at radius 1 is 1.09 bits per heavy atom. The molecule has 0 aromatic heterocycles. The Morgan fingerprint density at radius 3 is 2.55 bits per heavy atom. The van der Waals surface area contributed by atoms with Crippen LogP contribution in [0.4, 0.5) is 0 Å². The van der Waals surface area contributed by atoms with E-state index in [1.54, 1.807) is 6.92 Å². The van der Waals surface area contributed by atoms with Crippen LogP contribution in [-0.4, -0.2) is 24.3 Å². The summed E-state index contributed by atoms with van der Waals surface area (Å²) in [6.45, 7) is 6.30. The van der Waals surface area contributed by atoms with Crippen LogP contribution < -0.4 is 10.1 Å². The number of rotatable bonds is 6. The van der Waals surface area contributed by atoms with Crippen molar-refractivity contribution < 1.29 is 23.9 Å². The first-order valence-corrected chi connectivity index (χ1v) is 11.4. The van der Waals surface area contributed by atoms with E-state index in [4.69, 9.17) is 9.47 Å². The van der Waals surface area contributed by atoms with E-state index in [0.717, 1.165) is 11.1 Å². The summed E-state index contributed by atoms with van der Waals surface area (Å²) in [7, 11) is 0. The number of esters is 1. The molecule has 1 heterocycles. The monoisotopic (exact) mass is 447 g/mol. The number of carbonyl (C=O) groups is 3. The summed E-state index contributed by atoms with van der Waals surface area (Å²) in [5.74, 6) is -1.60. The van der Waals surface area contributed by atoms with Gasteiger partial charge in [0.05, 0.1) is 6.61 Å². The van der Waals surface area contributed by atoms with Gasteiger partial charge in [-0.05, 0) is 49.4 Å². The number of ketones is 1. The van der Waals surface area contributed by atoms with E-state index in [1.807, 2.05) is 56.3 Å². The molecule has 0 spiro atoms. The first-order chi connectivity index (χ1) is 15.9. The van der Waals surface area contributed by atoms with E-state index >= 15 is 0 Å². The number of aryl methyl sites for hydroxylation is 1. The highest BCUT2D eigenvalue weighted by atomic mass is 16.5. The van der Waals surface area contributed by atoms with Gasteiger partial charge in [-0.25, -0.2) is 0 Å². The first kappa shape index (κ1) is 22.8. The quantitative estimate of drug-likeness (QED) is 0.530. The van der Waals surface area contributed by atoms with Crippen LogP contribution in [0.2, 0.25) is 0 Å². The minimum atomic E-state index is -0.835. The largest absolute Gasteiger partial charge is 0.489 e. The number of carbonyl (C=O) groups excluding carboxylic acids is 3. The number of allylic oxidation sites excluding steroid dienone is 2. The third-order valence-electron chi connectivity index (χ3n) is 6.31. The summed E-state index contributed by atoms with van der Waals surface area (Å²) < 4.78 is 11.1. The Labute approximate surface area is 194 Å². The molecule has 2 aromatic carbocycles. The molecule has 2 aliphatic rings. The van der Waals surface area contributed by atoms with Crippen molar-refractivity contribution >= 4 is 17.7 Å². The Balaban J connectivity index is 1.56. The fraction of sp³-hybridized carbons (Fsp3) is 0.370. The zero-order valence-corrected chi connectivity index (χ0v) is 19.2. The van der Waals surface area contributed by atoms with Crippen LogP contribution in [0.5, 0.6) is 5.75 Å². The zero-order valence-electron chi connectivity index (χ0n) is 19.2. The van der Waals surface area contributed by atoms with Gasteiger partial charge < -0.3 is 14.8 Å². The third kappa shape index (κ3) is 4.85. The summed E-state index contributed by atoms with van der Waals surface area (Å²) >= 11 is 0. The molecule has 172 valence electrons. The Hall–Kier alpha value is -3.41. The zero-order chi connectivity index (χ0) is 23.5. The molecule has 33 heavy (non-hydrogen) atoms. The van der Waals surface area contributed by atoms with Crippen molar-refractivity contribution in [2.24, 2.45) is 11.8 Å². The summed E-state index contributed by atoms with van der Waals surface area (Å²) in [6, 6.07) is 15.6. The number of amides is 1. The molecule has 3 atom stereocenters. The number of benzene rings is 2. The average molecular weight is 448 g/mol. The van der Waals surface area contributed by atoms with Crippen LogP contribution in [0.3, 0.4) is 0 Å². The molecular weight excluding hydrogens is 418 g/mol. The minimum Gasteiger partial charge on any atom is -0.489 e. The van der Waals surface area contributed by atoms with E-state index < -0.39 is 17.8 Å². The topological polar surface area (TPSA) is 81.7 Å². The predicted molar refractivity (Wildman–Crippen MR) is 123 cm³/mol. The minimum absolute atomic E-state index is 0.117. The van der Waals surface area contributed by atoms with Gasteiger partial charge in [-0.15, -0.1) is 0 Å². The highest BCUT2D eigenvalue weighted by Crippen LogP contribution is 2.42. The van der Waals surface area contributed by atoms with Gasteiger partial charge in [0.1, 0.15) is 18.3 Å². The average Bonchev–Trinajstić information content (AvgIpc) is 2.77. The number of hydrogen-bond acceptors (Lipinski definition) is 5. The van der Waals surface area contributed by atoms with Crippen molar-refractivity contribution in [3.8, 4) is 5.75 Å². The molecule has 0 saturated heterocycles. The van der Waals surface area contributed by atoms with E-state index in [0.29, 0.717) is 30.0 Å². The Bertz CT molecular complexity index is 1100. The van der Waals surface area contributed by atoms with E-state index in [1.165, 1.54) is 5.56 Å². The SMILES string of the molecule is CCOC(=O)C1C(=O)C2=C(CC1C)NC(=O)CC2c1ccc(OCc2cccc(C)c2)cc1. The highest BCUT2D eigenvalue weighted by Gasteiger charge is 2.45. The lowest BCUT2D eigenvalue weighted by Crippen LogP contribution is -2.44. The smallest absolute Gasteiger partial charge is 0.317 e. The summed E-state index contributed by atoms with van der Waals surface area (Å²) in [6.07, 6.45) is 0.627. The van der Waals surface area contributed by atoms with Crippen LogP contribution in [0.1, 0.15) is 49.3 Å². The van der Waals surface area contributed by atoms with Crippen LogP contribution in [0.15, 0.2) is 59.8 Å². The van der Waals surface area contributed by atoms with Gasteiger partial charge in [0.25, 0.3) is 0 Å². The molecule has 6 heteroatoms. The second-order valence-electron chi connectivity index (χ2n) is 8.82. The normalized spacial score (nSPS) is 22.5. The van der Waals surface area contributed by atoms with E-state index in [-0.39, 0.29) is 30.6 Å². The highest BCUT2D eigenvalue weighted by molar-refractivity contribution is 6.11. The first-order valence-electron chi connectivity index (χ1n) is 11.4. The van der Waals surface area contributed by atoms with Crippen LogP contribution in [0.25, 0.3) is 0 Å². The van der Waals surface area contributed by atoms with Crippen molar-refractivity contribution in [3.63, 3.8) is 0 Å². The molecule has 3 unspecified atom stereocenters. The molecule has 1 amide bonds. The third-order valence-corrected chi connectivity index (χ3v) is 6.31. The maximum absolute atomic E-state index is 13.4. The van der Waals surface area contributed by atoms with Crippen LogP contribution in [0, 0.1) is 18.8 Å². The number of Topliss-reactive ketones (excluding diaryl/α,β-unsaturated/α-hetero) is 1. The lowest BCUT2D eigenvalue weighted by atomic mass is 9.70. The van der Waals surface area contributed by atoms with Crippen LogP contribution in [-0.2, 0) is 25.7 Å². The van der Waals surface area contributed by atoms with Gasteiger partial charge in [0.15, 0.2) is 5.78 Å². The number of hydrogen-bond donors (Lipinski definition) is 1. The molecule has 2 aromatic rings. The fourth-order valence-corrected chi connectivity index (χ4v) is 4.75. The van der Waals surface area contributed by atoms with Gasteiger partial charge in [-0.3, -0.25) is 14.4 Å². The van der Waals surface area contributed by atoms with Gasteiger partial charge in [0.2, 0.25) is 5.91 Å². The Morgan fingerprint density at radius 2 is 1.85 bits per heavy atom. The Kier molecular flexibility index (Phi) is 6.63. The predicted octanol–water partition coefficient (Wildman–Crippen LogP) is 4.22. The number of ether oxygens (including phenoxy) is 2. The lowest BCUT2D eigenvalue weighted by Gasteiger charge is -2.36. The van der Waals surface area contributed by atoms with Gasteiger partial charge in [0, 0.05) is 23.6 Å². The summed E-state index contributed by atoms with van der Waals surface area (Å²) in [4.78, 5) is 38.3. The summed E-state index contributed by atoms with van der Waals surface area (Å²) in [5, 5.41) is 2.87. The second-order valence-corrected chi connectivity index (χ2v) is 8.82.